The number of guanidine groups is 1. The Morgan fingerprint density at radius 3 is 2.85 bits per heavy atom. The Balaban J connectivity index is 0.00000210. The van der Waals surface area contributed by atoms with Crippen LogP contribution in [0.15, 0.2) is 57.9 Å². The molecule has 1 aliphatic rings. The lowest BCUT2D eigenvalue weighted by molar-refractivity contribution is 0.262. The van der Waals surface area contributed by atoms with Crippen molar-refractivity contribution in [2.75, 3.05) is 13.7 Å². The predicted octanol–water partition coefficient (Wildman–Crippen LogP) is 3.99. The third-order valence-electron chi connectivity index (χ3n) is 4.50. The molecule has 0 bridgehead atoms. The van der Waals surface area contributed by atoms with Crippen LogP contribution in [0.3, 0.4) is 0 Å². The van der Waals surface area contributed by atoms with Crippen LogP contribution in [0, 0.1) is 0 Å². The Morgan fingerprint density at radius 2 is 2.00 bits per heavy atom. The summed E-state index contributed by atoms with van der Waals surface area (Å²) in [5, 5.41) is 4.22. The minimum Gasteiger partial charge on any atom is -0.493 e. The van der Waals surface area contributed by atoms with E-state index in [2.05, 4.69) is 10.3 Å². The van der Waals surface area contributed by atoms with Crippen LogP contribution in [0.25, 0.3) is 11.0 Å². The van der Waals surface area contributed by atoms with Crippen LogP contribution < -0.4 is 20.5 Å². The van der Waals surface area contributed by atoms with E-state index in [0.717, 1.165) is 28.7 Å². The average molecular weight is 479 g/mol. The smallest absolute Gasteiger partial charge is 0.189 e. The maximum atomic E-state index is 6.11. The summed E-state index contributed by atoms with van der Waals surface area (Å²) in [5.41, 5.74) is 7.98. The van der Waals surface area contributed by atoms with Crippen molar-refractivity contribution in [1.29, 1.82) is 0 Å². The van der Waals surface area contributed by atoms with Crippen LogP contribution in [0.5, 0.6) is 11.5 Å². The largest absolute Gasteiger partial charge is 0.493 e. The first-order valence-corrected chi connectivity index (χ1v) is 8.59. The Bertz CT molecular complexity index is 955. The molecule has 0 aliphatic carbocycles. The van der Waals surface area contributed by atoms with Crippen molar-refractivity contribution in [3.05, 3.63) is 59.9 Å². The molecule has 2 heterocycles. The molecule has 0 amide bonds. The SMILES string of the molecule is COc1c(CN=C(N)NC2CCOc3ccccc32)oc2ccccc12.I. The molecule has 1 unspecified atom stereocenters. The average Bonchev–Trinajstić information content (AvgIpc) is 3.04. The number of halogens is 1. The van der Waals surface area contributed by atoms with Gasteiger partial charge in [-0.3, -0.25) is 0 Å². The third-order valence-corrected chi connectivity index (χ3v) is 4.50. The number of fused-ring (bicyclic) bond motifs is 2. The molecule has 1 atom stereocenters. The molecule has 1 aliphatic heterocycles. The normalized spacial score (nSPS) is 16.2. The topological polar surface area (TPSA) is 82.0 Å². The summed E-state index contributed by atoms with van der Waals surface area (Å²) in [7, 11) is 1.63. The Morgan fingerprint density at radius 1 is 1.22 bits per heavy atom. The van der Waals surface area contributed by atoms with Crippen molar-refractivity contribution in [1.82, 2.24) is 5.32 Å². The zero-order chi connectivity index (χ0) is 17.9. The summed E-state index contributed by atoms with van der Waals surface area (Å²) >= 11 is 0. The third kappa shape index (κ3) is 3.97. The number of para-hydroxylation sites is 2. The van der Waals surface area contributed by atoms with Gasteiger partial charge in [-0.1, -0.05) is 30.3 Å². The summed E-state index contributed by atoms with van der Waals surface area (Å²) in [4.78, 5) is 4.43. The van der Waals surface area contributed by atoms with Gasteiger partial charge in [-0.25, -0.2) is 4.99 Å². The number of nitrogens with zero attached hydrogens (tertiary/aromatic N) is 1. The van der Waals surface area contributed by atoms with Gasteiger partial charge in [0.05, 0.1) is 25.1 Å². The number of ether oxygens (including phenoxy) is 2. The number of aliphatic imine (C=N–C) groups is 1. The van der Waals surface area contributed by atoms with E-state index in [-0.39, 0.29) is 30.0 Å². The van der Waals surface area contributed by atoms with Crippen molar-refractivity contribution < 1.29 is 13.9 Å². The fourth-order valence-corrected chi connectivity index (χ4v) is 3.27. The molecule has 0 saturated heterocycles. The van der Waals surface area contributed by atoms with E-state index < -0.39 is 0 Å². The number of nitrogens with two attached hydrogens (primary N) is 1. The van der Waals surface area contributed by atoms with Gasteiger partial charge in [0.15, 0.2) is 17.5 Å². The summed E-state index contributed by atoms with van der Waals surface area (Å²) in [6, 6.07) is 15.8. The molecule has 1 aromatic heterocycles. The zero-order valence-electron chi connectivity index (χ0n) is 15.0. The summed E-state index contributed by atoms with van der Waals surface area (Å²) in [6.45, 7) is 0.959. The Labute approximate surface area is 174 Å². The van der Waals surface area contributed by atoms with Crippen LogP contribution in [0.1, 0.15) is 23.8 Å². The van der Waals surface area contributed by atoms with Gasteiger partial charge in [0.1, 0.15) is 17.9 Å². The van der Waals surface area contributed by atoms with Crippen molar-refractivity contribution in [3.63, 3.8) is 0 Å². The van der Waals surface area contributed by atoms with Gasteiger partial charge in [0, 0.05) is 12.0 Å². The molecular formula is C20H22IN3O3. The highest BCUT2D eigenvalue weighted by molar-refractivity contribution is 14.0. The molecule has 142 valence electrons. The maximum Gasteiger partial charge on any atom is 0.189 e. The molecule has 27 heavy (non-hydrogen) atoms. The van der Waals surface area contributed by atoms with Crippen molar-refractivity contribution in [3.8, 4) is 11.5 Å². The highest BCUT2D eigenvalue weighted by atomic mass is 127. The molecule has 2 aromatic carbocycles. The molecule has 6 nitrogen and oxygen atoms in total. The molecule has 0 spiro atoms. The maximum absolute atomic E-state index is 6.11. The summed E-state index contributed by atoms with van der Waals surface area (Å²) in [6.07, 6.45) is 0.835. The highest BCUT2D eigenvalue weighted by Crippen LogP contribution is 2.33. The van der Waals surface area contributed by atoms with Gasteiger partial charge in [0.2, 0.25) is 0 Å². The van der Waals surface area contributed by atoms with Gasteiger partial charge in [0.25, 0.3) is 0 Å². The first-order valence-electron chi connectivity index (χ1n) is 8.59. The van der Waals surface area contributed by atoms with Crippen molar-refractivity contribution in [2.24, 2.45) is 10.7 Å². The van der Waals surface area contributed by atoms with Gasteiger partial charge in [-0.2, -0.15) is 0 Å². The minimum absolute atomic E-state index is 0. The van der Waals surface area contributed by atoms with E-state index in [1.54, 1.807) is 7.11 Å². The fraction of sp³-hybridized carbons (Fsp3) is 0.250. The molecule has 0 fully saturated rings. The van der Waals surface area contributed by atoms with Crippen LogP contribution >= 0.6 is 24.0 Å². The predicted molar refractivity (Wildman–Crippen MR) is 116 cm³/mol. The minimum atomic E-state index is 0. The van der Waals surface area contributed by atoms with Crippen LogP contribution in [-0.2, 0) is 6.54 Å². The second kappa shape index (κ2) is 8.51. The lowest BCUT2D eigenvalue weighted by Gasteiger charge is -2.26. The number of hydrogen-bond donors (Lipinski definition) is 2. The summed E-state index contributed by atoms with van der Waals surface area (Å²) < 4.78 is 17.0. The quantitative estimate of drug-likeness (QED) is 0.336. The number of benzene rings is 2. The standard InChI is InChI=1S/C20H21N3O3.HI/c1-24-19-14-7-3-5-9-17(14)26-18(19)12-22-20(21)23-15-10-11-25-16-8-4-2-6-13(15)16;/h2-9,15H,10-12H2,1H3,(H3,21,22,23);1H. The van der Waals surface area contributed by atoms with Gasteiger partial charge >= 0.3 is 0 Å². The van der Waals surface area contributed by atoms with E-state index in [4.69, 9.17) is 19.6 Å². The second-order valence-corrected chi connectivity index (χ2v) is 6.13. The molecule has 0 saturated carbocycles. The molecule has 4 rings (SSSR count). The van der Waals surface area contributed by atoms with E-state index in [1.165, 1.54) is 0 Å². The number of furan rings is 1. The van der Waals surface area contributed by atoms with Gasteiger partial charge in [-0.05, 0) is 18.2 Å². The number of nitrogens with one attached hydrogen (secondary N) is 1. The Hall–Kier alpha value is -2.42. The number of methoxy groups -OCH3 is 1. The molecule has 3 N–H and O–H groups in total. The monoisotopic (exact) mass is 479 g/mol. The van der Waals surface area contributed by atoms with E-state index in [9.17, 15) is 0 Å². The van der Waals surface area contributed by atoms with E-state index >= 15 is 0 Å². The van der Waals surface area contributed by atoms with Gasteiger partial charge < -0.3 is 24.9 Å². The first kappa shape index (κ1) is 19.3. The van der Waals surface area contributed by atoms with E-state index in [0.29, 0.717) is 30.6 Å². The van der Waals surface area contributed by atoms with E-state index in [1.807, 2.05) is 48.5 Å². The lowest BCUT2D eigenvalue weighted by atomic mass is 10.0. The first-order chi connectivity index (χ1) is 12.8. The van der Waals surface area contributed by atoms with Crippen molar-refractivity contribution >= 4 is 40.9 Å². The highest BCUT2D eigenvalue weighted by Gasteiger charge is 2.21. The zero-order valence-corrected chi connectivity index (χ0v) is 17.3. The number of rotatable bonds is 4. The Kier molecular flexibility index (Phi) is 6.10. The molecule has 3 aromatic rings. The van der Waals surface area contributed by atoms with Gasteiger partial charge in [-0.15, -0.1) is 24.0 Å². The lowest BCUT2D eigenvalue weighted by Crippen LogP contribution is -2.37. The fourth-order valence-electron chi connectivity index (χ4n) is 3.27. The van der Waals surface area contributed by atoms with Crippen LogP contribution in [-0.4, -0.2) is 19.7 Å². The van der Waals surface area contributed by atoms with Crippen LogP contribution in [0.2, 0.25) is 0 Å². The molecule has 7 heteroatoms. The summed E-state index contributed by atoms with van der Waals surface area (Å²) in [5.74, 6) is 2.62. The second-order valence-electron chi connectivity index (χ2n) is 6.13. The van der Waals surface area contributed by atoms with Crippen LogP contribution in [0.4, 0.5) is 0 Å². The number of hydrogen-bond acceptors (Lipinski definition) is 4. The van der Waals surface area contributed by atoms with Crippen molar-refractivity contribution in [2.45, 2.75) is 19.0 Å². The molecule has 0 radical (unpaired) electrons. The molecular weight excluding hydrogens is 457 g/mol.